The molecule has 0 bridgehead atoms. The predicted molar refractivity (Wildman–Crippen MR) is 60.8 cm³/mol. The van der Waals surface area contributed by atoms with E-state index in [1.165, 1.54) is 38.1 Å². The van der Waals surface area contributed by atoms with Gasteiger partial charge in [0.2, 0.25) is 0 Å². The lowest BCUT2D eigenvalue weighted by atomic mass is 9.97. The first-order valence-electron chi connectivity index (χ1n) is 4.74. The van der Waals surface area contributed by atoms with Gasteiger partial charge < -0.3 is 10.2 Å². The van der Waals surface area contributed by atoms with Gasteiger partial charge in [0.15, 0.2) is 0 Å². The molecule has 0 fully saturated rings. The Morgan fingerprint density at radius 2 is 1.81 bits per heavy atom. The zero-order valence-electron chi connectivity index (χ0n) is 9.14. The van der Waals surface area contributed by atoms with Gasteiger partial charge in [-0.1, -0.05) is 0 Å². The summed E-state index contributed by atoms with van der Waals surface area (Å²) in [6, 6.07) is 5.93. The van der Waals surface area contributed by atoms with E-state index in [9.17, 15) is 9.00 Å². The molecule has 0 radical (unpaired) electrons. The highest BCUT2D eigenvalue weighted by atomic mass is 32.2. The Bertz CT molecular complexity index is 408. The fourth-order valence-corrected chi connectivity index (χ4v) is 2.46. The fraction of sp³-hybridized carbons (Fsp3) is 0.364. The normalized spacial score (nSPS) is 13.4. The third kappa shape index (κ3) is 3.06. The molecule has 0 aliphatic heterocycles. The van der Waals surface area contributed by atoms with E-state index in [0.717, 1.165) is 0 Å². The van der Waals surface area contributed by atoms with Crippen LogP contribution in [0.1, 0.15) is 13.8 Å². The summed E-state index contributed by atoms with van der Waals surface area (Å²) in [5.74, 6) is -0.828. The van der Waals surface area contributed by atoms with Crippen molar-refractivity contribution in [3.8, 4) is 5.75 Å². The van der Waals surface area contributed by atoms with Gasteiger partial charge in [-0.2, -0.15) is 0 Å². The van der Waals surface area contributed by atoms with Crippen LogP contribution in [0.4, 0.5) is 0 Å². The third-order valence-electron chi connectivity index (χ3n) is 2.17. The highest BCUT2D eigenvalue weighted by Gasteiger charge is 2.29. The summed E-state index contributed by atoms with van der Waals surface area (Å²) >= 11 is 0. The highest BCUT2D eigenvalue weighted by Crippen LogP contribution is 2.21. The quantitative estimate of drug-likeness (QED) is 0.841. The minimum Gasteiger partial charge on any atom is -0.508 e. The van der Waals surface area contributed by atoms with Crippen LogP contribution < -0.4 is 0 Å². The molecule has 1 aromatic rings. The van der Waals surface area contributed by atoms with Gasteiger partial charge in [0, 0.05) is 10.6 Å². The van der Waals surface area contributed by atoms with Crippen molar-refractivity contribution in [1.29, 1.82) is 0 Å². The molecule has 5 heteroatoms. The van der Waals surface area contributed by atoms with Crippen molar-refractivity contribution in [2.45, 2.75) is 18.7 Å². The maximum Gasteiger partial charge on any atom is 0.310 e. The zero-order valence-corrected chi connectivity index (χ0v) is 9.95. The highest BCUT2D eigenvalue weighted by molar-refractivity contribution is 7.85. The van der Waals surface area contributed by atoms with Crippen LogP contribution in [-0.4, -0.2) is 26.1 Å². The van der Waals surface area contributed by atoms with Crippen LogP contribution in [0.2, 0.25) is 0 Å². The first-order valence-corrected chi connectivity index (χ1v) is 6.05. The third-order valence-corrected chi connectivity index (χ3v) is 3.95. The molecule has 0 unspecified atom stereocenters. The van der Waals surface area contributed by atoms with Crippen LogP contribution in [0.25, 0.3) is 0 Å². The number of benzene rings is 1. The summed E-state index contributed by atoms with van der Waals surface area (Å²) in [6.45, 7) is 3.07. The summed E-state index contributed by atoms with van der Waals surface area (Å²) in [6.07, 6.45) is 0. The van der Waals surface area contributed by atoms with Crippen LogP contribution in [0.15, 0.2) is 29.2 Å². The Hall–Kier alpha value is -1.36. The van der Waals surface area contributed by atoms with Crippen LogP contribution >= 0.6 is 0 Å². The molecular weight excluding hydrogens is 228 g/mol. The minimum absolute atomic E-state index is 0.0487. The van der Waals surface area contributed by atoms with Crippen molar-refractivity contribution >= 4 is 16.8 Å². The van der Waals surface area contributed by atoms with Gasteiger partial charge in [-0.15, -0.1) is 0 Å². The molecule has 1 rings (SSSR count). The van der Waals surface area contributed by atoms with E-state index in [2.05, 4.69) is 0 Å². The molecule has 16 heavy (non-hydrogen) atoms. The number of phenolic OH excluding ortho intramolecular Hbond substituents is 1. The molecule has 0 amide bonds. The summed E-state index contributed by atoms with van der Waals surface area (Å²) in [5.41, 5.74) is -1.03. The van der Waals surface area contributed by atoms with Gasteiger partial charge in [0.25, 0.3) is 0 Å². The summed E-state index contributed by atoms with van der Waals surface area (Å²) < 4.78 is 11.8. The molecule has 0 aliphatic carbocycles. The molecule has 0 saturated heterocycles. The van der Waals surface area contributed by atoms with Crippen molar-refractivity contribution in [1.82, 2.24) is 0 Å². The number of rotatable bonds is 4. The van der Waals surface area contributed by atoms with E-state index < -0.39 is 22.2 Å². The Morgan fingerprint density at radius 3 is 2.25 bits per heavy atom. The second-order valence-electron chi connectivity index (χ2n) is 4.17. The molecule has 2 N–H and O–H groups in total. The molecule has 1 atom stereocenters. The van der Waals surface area contributed by atoms with Crippen molar-refractivity contribution < 1.29 is 19.2 Å². The van der Waals surface area contributed by atoms with Crippen molar-refractivity contribution in [2.24, 2.45) is 5.41 Å². The van der Waals surface area contributed by atoms with Gasteiger partial charge >= 0.3 is 5.97 Å². The van der Waals surface area contributed by atoms with E-state index in [1.807, 2.05) is 0 Å². The SMILES string of the molecule is CC(C)(C[S@](=O)c1ccc(O)cc1)C(=O)O. The lowest BCUT2D eigenvalue weighted by molar-refractivity contribution is -0.145. The van der Waals surface area contributed by atoms with Crippen LogP contribution in [0, 0.1) is 5.41 Å². The van der Waals surface area contributed by atoms with E-state index in [4.69, 9.17) is 10.2 Å². The number of phenols is 1. The van der Waals surface area contributed by atoms with Gasteiger partial charge in [-0.25, -0.2) is 0 Å². The summed E-state index contributed by atoms with van der Waals surface area (Å²) in [4.78, 5) is 11.4. The second kappa shape index (κ2) is 4.65. The number of carboxylic acids is 1. The van der Waals surface area contributed by atoms with Crippen molar-refractivity contribution in [3.63, 3.8) is 0 Å². The molecule has 0 heterocycles. The summed E-state index contributed by atoms with van der Waals surface area (Å²) in [5, 5.41) is 18.0. The van der Waals surface area contributed by atoms with E-state index in [0.29, 0.717) is 4.90 Å². The predicted octanol–water partition coefficient (Wildman–Crippen LogP) is 1.61. The maximum absolute atomic E-state index is 11.8. The van der Waals surface area contributed by atoms with Crippen LogP contribution in [0.3, 0.4) is 0 Å². The Balaban J connectivity index is 2.81. The largest absolute Gasteiger partial charge is 0.508 e. The van der Waals surface area contributed by atoms with Gasteiger partial charge in [0.05, 0.1) is 16.2 Å². The number of carboxylic acid groups (broad SMARTS) is 1. The first kappa shape index (κ1) is 12.7. The Morgan fingerprint density at radius 1 is 1.31 bits per heavy atom. The van der Waals surface area contributed by atoms with E-state index >= 15 is 0 Å². The van der Waals surface area contributed by atoms with Crippen LogP contribution in [0.5, 0.6) is 5.75 Å². The van der Waals surface area contributed by atoms with Gasteiger partial charge in [-0.3, -0.25) is 9.00 Å². The smallest absolute Gasteiger partial charge is 0.310 e. The molecule has 0 spiro atoms. The Labute approximate surface area is 96.4 Å². The number of carbonyl (C=O) groups is 1. The zero-order chi connectivity index (χ0) is 12.3. The van der Waals surface area contributed by atoms with Gasteiger partial charge in [-0.05, 0) is 38.1 Å². The maximum atomic E-state index is 11.8. The molecule has 0 aromatic heterocycles. The minimum atomic E-state index is -1.37. The molecule has 0 aliphatic rings. The number of hydrogen-bond acceptors (Lipinski definition) is 3. The lowest BCUT2D eigenvalue weighted by Crippen LogP contribution is -2.30. The number of aliphatic carboxylic acids is 1. The van der Waals surface area contributed by atoms with Crippen molar-refractivity contribution in [3.05, 3.63) is 24.3 Å². The van der Waals surface area contributed by atoms with Gasteiger partial charge in [0.1, 0.15) is 5.75 Å². The molecule has 4 nitrogen and oxygen atoms in total. The topological polar surface area (TPSA) is 74.6 Å². The monoisotopic (exact) mass is 242 g/mol. The Kier molecular flexibility index (Phi) is 3.70. The molecule has 1 aromatic carbocycles. The van der Waals surface area contributed by atoms with Crippen molar-refractivity contribution in [2.75, 3.05) is 5.75 Å². The lowest BCUT2D eigenvalue weighted by Gasteiger charge is -2.18. The number of aromatic hydroxyl groups is 1. The average molecular weight is 242 g/mol. The van der Waals surface area contributed by atoms with E-state index in [1.54, 1.807) is 0 Å². The molecule has 0 saturated carbocycles. The average Bonchev–Trinajstić information content (AvgIpc) is 2.17. The summed E-state index contributed by atoms with van der Waals surface area (Å²) in [7, 11) is -1.37. The number of hydrogen-bond donors (Lipinski definition) is 2. The molecular formula is C11H14O4S. The molecule has 88 valence electrons. The van der Waals surface area contributed by atoms with E-state index in [-0.39, 0.29) is 11.5 Å². The second-order valence-corrected chi connectivity index (χ2v) is 5.62. The first-order chi connectivity index (χ1) is 7.33. The van der Waals surface area contributed by atoms with Crippen LogP contribution in [-0.2, 0) is 15.6 Å². The fourth-order valence-electron chi connectivity index (χ4n) is 1.07. The standard InChI is InChI=1S/C11H14O4S/c1-11(2,10(13)14)7-16(15)9-5-3-8(12)4-6-9/h3-6,12H,7H2,1-2H3,(H,13,14)/t16-/m0/s1.